The molecule has 1 N–H and O–H groups in total. The fourth-order valence-electron chi connectivity index (χ4n) is 3.66. The summed E-state index contributed by atoms with van der Waals surface area (Å²) in [5.74, 6) is -2.46. The van der Waals surface area contributed by atoms with E-state index in [0.29, 0.717) is 31.3 Å². The molecule has 0 saturated carbocycles. The number of piperazine rings is 1. The maximum atomic E-state index is 13.5. The molecule has 6 nitrogen and oxygen atoms in total. The lowest BCUT2D eigenvalue weighted by molar-refractivity contribution is 0.102. The van der Waals surface area contributed by atoms with Gasteiger partial charge in [0, 0.05) is 44.0 Å². The zero-order chi connectivity index (χ0) is 23.4. The number of amides is 1. The molecule has 0 atom stereocenters. The van der Waals surface area contributed by atoms with Crippen LogP contribution in [0.5, 0.6) is 0 Å². The predicted molar refractivity (Wildman–Crippen MR) is 121 cm³/mol. The Morgan fingerprint density at radius 1 is 0.848 bits per heavy atom. The third kappa shape index (κ3) is 5.44. The lowest BCUT2D eigenvalue weighted by Gasteiger charge is -2.34. The van der Waals surface area contributed by atoms with Crippen LogP contribution in [0.2, 0.25) is 0 Å². The highest BCUT2D eigenvalue weighted by atomic mass is 32.2. The second-order valence-electron chi connectivity index (χ2n) is 7.77. The van der Waals surface area contributed by atoms with Crippen LogP contribution in [0.3, 0.4) is 0 Å². The molecule has 1 heterocycles. The number of para-hydroxylation sites is 1. The molecule has 1 fully saturated rings. The fourth-order valence-corrected chi connectivity index (χ4v) is 5.09. The molecule has 0 bridgehead atoms. The van der Waals surface area contributed by atoms with Gasteiger partial charge in [-0.3, -0.25) is 9.69 Å². The van der Waals surface area contributed by atoms with Crippen molar-refractivity contribution in [2.45, 2.75) is 11.4 Å². The summed E-state index contributed by atoms with van der Waals surface area (Å²) in [5.41, 5.74) is 2.27. The van der Waals surface area contributed by atoms with Crippen LogP contribution in [0.4, 0.5) is 14.5 Å². The molecule has 0 radical (unpaired) electrons. The molecule has 1 aliphatic heterocycles. The largest absolute Gasteiger partial charge is 0.322 e. The van der Waals surface area contributed by atoms with Crippen molar-refractivity contribution in [3.63, 3.8) is 0 Å². The van der Waals surface area contributed by atoms with Gasteiger partial charge in [-0.1, -0.05) is 30.3 Å². The number of hydrogen-bond donors (Lipinski definition) is 1. The number of sulfonamides is 1. The minimum atomic E-state index is -3.88. The van der Waals surface area contributed by atoms with E-state index in [4.69, 9.17) is 0 Å². The molecule has 172 valence electrons. The summed E-state index contributed by atoms with van der Waals surface area (Å²) < 4.78 is 53.4. The molecule has 9 heteroatoms. The topological polar surface area (TPSA) is 69.7 Å². The van der Waals surface area contributed by atoms with Crippen LogP contribution in [0.15, 0.2) is 77.7 Å². The molecular formula is C24H23F2N3O3S. The monoisotopic (exact) mass is 471 g/mol. The number of halogens is 2. The normalized spacial score (nSPS) is 15.3. The van der Waals surface area contributed by atoms with Crippen LogP contribution >= 0.6 is 0 Å². The molecule has 33 heavy (non-hydrogen) atoms. The van der Waals surface area contributed by atoms with Gasteiger partial charge in [0.25, 0.3) is 5.91 Å². The Balaban J connectivity index is 1.32. The van der Waals surface area contributed by atoms with Crippen LogP contribution in [-0.2, 0) is 16.6 Å². The molecule has 0 aromatic heterocycles. The molecule has 4 rings (SSSR count). The standard InChI is InChI=1S/C24H23F2N3O3S/c25-22-11-10-21(16-23(22)26)33(31,32)29-14-12-28(13-15-29)17-18-6-8-19(9-7-18)24(30)27-20-4-2-1-3-5-20/h1-11,16H,12-15,17H2,(H,27,30). The molecule has 1 saturated heterocycles. The number of nitrogens with zero attached hydrogens (tertiary/aromatic N) is 2. The summed E-state index contributed by atoms with van der Waals surface area (Å²) in [6.45, 7) is 2.11. The van der Waals surface area contributed by atoms with E-state index >= 15 is 0 Å². The van der Waals surface area contributed by atoms with Crippen molar-refractivity contribution in [3.05, 3.63) is 95.6 Å². The number of carbonyl (C=O) groups excluding carboxylic acids is 1. The summed E-state index contributed by atoms with van der Waals surface area (Å²) in [6.07, 6.45) is 0. The van der Waals surface area contributed by atoms with Crippen molar-refractivity contribution < 1.29 is 22.0 Å². The number of hydrogen-bond acceptors (Lipinski definition) is 4. The van der Waals surface area contributed by atoms with E-state index < -0.39 is 21.7 Å². The number of anilines is 1. The third-order valence-electron chi connectivity index (χ3n) is 5.51. The van der Waals surface area contributed by atoms with Crippen molar-refractivity contribution >= 4 is 21.6 Å². The first-order chi connectivity index (χ1) is 15.8. The van der Waals surface area contributed by atoms with Crippen molar-refractivity contribution in [3.8, 4) is 0 Å². The Labute approximate surface area is 191 Å². The van der Waals surface area contributed by atoms with Crippen molar-refractivity contribution in [1.29, 1.82) is 0 Å². The van der Waals surface area contributed by atoms with E-state index in [2.05, 4.69) is 10.2 Å². The van der Waals surface area contributed by atoms with Crippen LogP contribution < -0.4 is 5.32 Å². The third-order valence-corrected chi connectivity index (χ3v) is 7.41. The first-order valence-electron chi connectivity index (χ1n) is 10.5. The van der Waals surface area contributed by atoms with E-state index in [1.807, 2.05) is 42.5 Å². The Hall–Kier alpha value is -3.14. The van der Waals surface area contributed by atoms with E-state index in [1.54, 1.807) is 12.1 Å². The number of rotatable bonds is 6. The van der Waals surface area contributed by atoms with Crippen LogP contribution in [0, 0.1) is 11.6 Å². The average Bonchev–Trinajstić information content (AvgIpc) is 2.82. The maximum Gasteiger partial charge on any atom is 0.255 e. The van der Waals surface area contributed by atoms with Crippen molar-refractivity contribution in [2.24, 2.45) is 0 Å². The quantitative estimate of drug-likeness (QED) is 0.595. The fraction of sp³-hybridized carbons (Fsp3) is 0.208. The summed E-state index contributed by atoms with van der Waals surface area (Å²) in [7, 11) is -3.88. The maximum absolute atomic E-state index is 13.5. The number of benzene rings is 3. The van der Waals surface area contributed by atoms with Gasteiger partial charge in [0.1, 0.15) is 0 Å². The SMILES string of the molecule is O=C(Nc1ccccc1)c1ccc(CN2CCN(S(=O)(=O)c3ccc(F)c(F)c3)CC2)cc1. The molecule has 3 aromatic carbocycles. The van der Waals surface area contributed by atoms with Gasteiger partial charge in [-0.05, 0) is 48.0 Å². The second-order valence-corrected chi connectivity index (χ2v) is 9.71. The minimum absolute atomic E-state index is 0.191. The van der Waals surface area contributed by atoms with Gasteiger partial charge >= 0.3 is 0 Å². The van der Waals surface area contributed by atoms with Gasteiger partial charge in [-0.15, -0.1) is 0 Å². The number of carbonyl (C=O) groups is 1. The molecule has 3 aromatic rings. The zero-order valence-electron chi connectivity index (χ0n) is 17.7. The molecule has 0 unspecified atom stereocenters. The van der Waals surface area contributed by atoms with Crippen LogP contribution in [0.25, 0.3) is 0 Å². The molecule has 0 aliphatic carbocycles. The second kappa shape index (κ2) is 9.78. The number of nitrogens with one attached hydrogen (secondary N) is 1. The lowest BCUT2D eigenvalue weighted by atomic mass is 10.1. The van der Waals surface area contributed by atoms with Gasteiger partial charge < -0.3 is 5.32 Å². The van der Waals surface area contributed by atoms with Gasteiger partial charge in [0.15, 0.2) is 11.6 Å². The average molecular weight is 472 g/mol. The van der Waals surface area contributed by atoms with Crippen molar-refractivity contribution in [2.75, 3.05) is 31.5 Å². The van der Waals surface area contributed by atoms with Crippen molar-refractivity contribution in [1.82, 2.24) is 9.21 Å². The first-order valence-corrected chi connectivity index (χ1v) is 11.9. The van der Waals surface area contributed by atoms with Crippen LogP contribution in [-0.4, -0.2) is 49.7 Å². The summed E-state index contributed by atoms with van der Waals surface area (Å²) >= 11 is 0. The first kappa shape index (κ1) is 23.0. The predicted octanol–water partition coefficient (Wildman–Crippen LogP) is 3.72. The highest BCUT2D eigenvalue weighted by Crippen LogP contribution is 2.21. The Kier molecular flexibility index (Phi) is 6.83. The van der Waals surface area contributed by atoms with E-state index in [-0.39, 0.29) is 23.9 Å². The zero-order valence-corrected chi connectivity index (χ0v) is 18.6. The Morgan fingerprint density at radius 3 is 2.15 bits per heavy atom. The van der Waals surface area contributed by atoms with Gasteiger partial charge in [0.2, 0.25) is 10.0 Å². The van der Waals surface area contributed by atoms with Gasteiger partial charge in [0.05, 0.1) is 4.90 Å². The summed E-state index contributed by atoms with van der Waals surface area (Å²) in [4.78, 5) is 14.2. The van der Waals surface area contributed by atoms with E-state index in [1.165, 1.54) is 4.31 Å². The smallest absolute Gasteiger partial charge is 0.255 e. The van der Waals surface area contributed by atoms with E-state index in [0.717, 1.165) is 23.4 Å². The Bertz CT molecular complexity index is 1230. The summed E-state index contributed by atoms with van der Waals surface area (Å²) in [6, 6.07) is 19.1. The van der Waals surface area contributed by atoms with E-state index in [9.17, 15) is 22.0 Å². The Morgan fingerprint density at radius 2 is 1.52 bits per heavy atom. The molecule has 0 spiro atoms. The lowest BCUT2D eigenvalue weighted by Crippen LogP contribution is -2.48. The molecular weight excluding hydrogens is 448 g/mol. The molecule has 1 aliphatic rings. The van der Waals surface area contributed by atoms with Gasteiger partial charge in [-0.25, -0.2) is 17.2 Å². The molecule has 1 amide bonds. The highest BCUT2D eigenvalue weighted by molar-refractivity contribution is 7.89. The highest BCUT2D eigenvalue weighted by Gasteiger charge is 2.29. The summed E-state index contributed by atoms with van der Waals surface area (Å²) in [5, 5.41) is 2.84. The van der Waals surface area contributed by atoms with Gasteiger partial charge in [-0.2, -0.15) is 4.31 Å². The van der Waals surface area contributed by atoms with Crippen LogP contribution in [0.1, 0.15) is 15.9 Å². The minimum Gasteiger partial charge on any atom is -0.322 e.